The monoisotopic (exact) mass is 335 g/mol. The molecule has 0 aliphatic carbocycles. The lowest BCUT2D eigenvalue weighted by atomic mass is 10.1. The first-order chi connectivity index (χ1) is 10.4. The lowest BCUT2D eigenvalue weighted by Crippen LogP contribution is -2.33. The van der Waals surface area contributed by atoms with E-state index in [-0.39, 0.29) is 17.3 Å². The van der Waals surface area contributed by atoms with Crippen molar-refractivity contribution in [3.63, 3.8) is 0 Å². The van der Waals surface area contributed by atoms with Crippen molar-refractivity contribution in [2.45, 2.75) is 52.9 Å². The van der Waals surface area contributed by atoms with Gasteiger partial charge in [-0.2, -0.15) is 0 Å². The SMILES string of the molecule is CC(C)CN(C)[N+]([O-])=NOC(C)OC(=O)OC(C)(C)CC(=O)O. The van der Waals surface area contributed by atoms with Crippen molar-refractivity contribution < 1.29 is 34.0 Å². The van der Waals surface area contributed by atoms with Gasteiger partial charge in [0.25, 0.3) is 6.29 Å². The number of carbonyl (C=O) groups excluding carboxylic acids is 1. The van der Waals surface area contributed by atoms with Gasteiger partial charge in [0.05, 0.1) is 25.0 Å². The summed E-state index contributed by atoms with van der Waals surface area (Å²) >= 11 is 0. The average molecular weight is 335 g/mol. The molecule has 0 bridgehead atoms. The van der Waals surface area contributed by atoms with Crippen LogP contribution in [0.4, 0.5) is 4.79 Å². The van der Waals surface area contributed by atoms with E-state index in [4.69, 9.17) is 19.4 Å². The summed E-state index contributed by atoms with van der Waals surface area (Å²) in [4.78, 5) is 27.1. The number of carboxylic acid groups (broad SMARTS) is 1. The van der Waals surface area contributed by atoms with E-state index in [1.165, 1.54) is 32.8 Å². The Labute approximate surface area is 135 Å². The number of hydrazine groups is 1. The second kappa shape index (κ2) is 9.01. The van der Waals surface area contributed by atoms with Crippen LogP contribution in [0.15, 0.2) is 5.28 Å². The van der Waals surface area contributed by atoms with Gasteiger partial charge in [-0.05, 0) is 19.8 Å². The van der Waals surface area contributed by atoms with E-state index < -0.39 is 24.0 Å². The quantitative estimate of drug-likeness (QED) is 0.223. The molecule has 0 aliphatic rings. The molecule has 1 unspecified atom stereocenters. The third-order valence-electron chi connectivity index (χ3n) is 2.39. The minimum absolute atomic E-state index is 0.236. The number of aliphatic carboxylic acids is 1. The molecule has 0 aliphatic heterocycles. The molecule has 0 aromatic carbocycles. The fourth-order valence-corrected chi connectivity index (χ4v) is 1.57. The van der Waals surface area contributed by atoms with Crippen LogP contribution in [0.2, 0.25) is 0 Å². The van der Waals surface area contributed by atoms with E-state index >= 15 is 0 Å². The lowest BCUT2D eigenvalue weighted by molar-refractivity contribution is -0.708. The fourth-order valence-electron chi connectivity index (χ4n) is 1.57. The molecule has 23 heavy (non-hydrogen) atoms. The summed E-state index contributed by atoms with van der Waals surface area (Å²) in [6.45, 7) is 8.54. The Kier molecular flexibility index (Phi) is 8.12. The molecule has 0 heterocycles. The maximum atomic E-state index is 11.5. The van der Waals surface area contributed by atoms with E-state index in [0.29, 0.717) is 6.54 Å². The highest BCUT2D eigenvalue weighted by Crippen LogP contribution is 2.16. The number of hydrogen-bond acceptors (Lipinski definition) is 7. The number of carbonyl (C=O) groups is 2. The van der Waals surface area contributed by atoms with Gasteiger partial charge in [-0.25, -0.2) is 4.79 Å². The molecule has 1 N–H and O–H groups in total. The molecule has 1 atom stereocenters. The highest BCUT2D eigenvalue weighted by atomic mass is 16.8. The number of hydrogen-bond donors (Lipinski definition) is 1. The first kappa shape index (κ1) is 20.7. The Morgan fingerprint density at radius 1 is 1.35 bits per heavy atom. The Hall–Kier alpha value is -2.26. The van der Waals surface area contributed by atoms with Crippen molar-refractivity contribution in [1.82, 2.24) is 5.01 Å². The Balaban J connectivity index is 4.35. The summed E-state index contributed by atoms with van der Waals surface area (Å²) in [5.74, 6) is -0.857. The fraction of sp³-hybridized carbons (Fsp3) is 0.846. The average Bonchev–Trinajstić information content (AvgIpc) is 2.31. The Morgan fingerprint density at radius 2 is 1.91 bits per heavy atom. The minimum Gasteiger partial charge on any atom is -0.569 e. The van der Waals surface area contributed by atoms with Crippen LogP contribution in [0.1, 0.15) is 41.0 Å². The molecule has 0 rings (SSSR count). The summed E-state index contributed by atoms with van der Waals surface area (Å²) in [5.41, 5.74) is -1.23. The van der Waals surface area contributed by atoms with Crippen molar-refractivity contribution in [2.75, 3.05) is 13.6 Å². The number of rotatable bonds is 9. The third kappa shape index (κ3) is 10.1. The highest BCUT2D eigenvalue weighted by Gasteiger charge is 2.28. The van der Waals surface area contributed by atoms with Crippen LogP contribution < -0.4 is 0 Å². The number of carboxylic acids is 1. The molecule has 0 fully saturated rings. The van der Waals surface area contributed by atoms with Gasteiger partial charge in [-0.15, -0.1) is 5.01 Å². The van der Waals surface area contributed by atoms with Gasteiger partial charge < -0.3 is 19.8 Å². The van der Waals surface area contributed by atoms with Gasteiger partial charge in [0, 0.05) is 6.92 Å². The minimum atomic E-state index is -1.23. The van der Waals surface area contributed by atoms with Gasteiger partial charge in [-0.3, -0.25) is 9.63 Å². The third-order valence-corrected chi connectivity index (χ3v) is 2.39. The van der Waals surface area contributed by atoms with E-state index in [2.05, 4.69) is 5.28 Å². The topological polar surface area (TPSA) is 124 Å². The van der Waals surface area contributed by atoms with Crippen molar-refractivity contribution in [2.24, 2.45) is 11.2 Å². The molecule has 0 aromatic rings. The number of ether oxygens (including phenoxy) is 2. The number of nitrogens with zero attached hydrogens (tertiary/aromatic N) is 3. The van der Waals surface area contributed by atoms with E-state index in [0.717, 1.165) is 0 Å². The maximum Gasteiger partial charge on any atom is 0.511 e. The summed E-state index contributed by atoms with van der Waals surface area (Å²) in [5, 5.41) is 24.8. The van der Waals surface area contributed by atoms with Crippen LogP contribution in [-0.2, 0) is 19.1 Å². The predicted molar refractivity (Wildman–Crippen MR) is 78.0 cm³/mol. The lowest BCUT2D eigenvalue weighted by Gasteiger charge is -2.23. The molecule has 0 saturated heterocycles. The highest BCUT2D eigenvalue weighted by molar-refractivity contribution is 5.69. The Morgan fingerprint density at radius 3 is 2.39 bits per heavy atom. The van der Waals surface area contributed by atoms with E-state index in [9.17, 15) is 14.8 Å². The van der Waals surface area contributed by atoms with Gasteiger partial charge in [0.1, 0.15) is 5.60 Å². The summed E-state index contributed by atoms with van der Waals surface area (Å²) in [6, 6.07) is 0. The molecule has 10 nitrogen and oxygen atoms in total. The largest absolute Gasteiger partial charge is 0.569 e. The Bertz CT molecular complexity index is 437. The van der Waals surface area contributed by atoms with E-state index in [1.54, 1.807) is 0 Å². The smallest absolute Gasteiger partial charge is 0.511 e. The summed E-state index contributed by atoms with van der Waals surface area (Å²) in [6.07, 6.45) is -2.67. The van der Waals surface area contributed by atoms with Crippen LogP contribution in [-0.4, -0.2) is 52.7 Å². The predicted octanol–water partition coefficient (Wildman–Crippen LogP) is 2.14. The first-order valence-corrected chi connectivity index (χ1v) is 7.09. The van der Waals surface area contributed by atoms with Gasteiger partial charge in [0.15, 0.2) is 0 Å². The zero-order valence-corrected chi connectivity index (χ0v) is 14.3. The van der Waals surface area contributed by atoms with Crippen LogP contribution >= 0.6 is 0 Å². The van der Waals surface area contributed by atoms with Crippen molar-refractivity contribution in [3.05, 3.63) is 5.21 Å². The summed E-state index contributed by atoms with van der Waals surface area (Å²) in [7, 11) is 1.54. The molecular formula is C13H25N3O7. The van der Waals surface area contributed by atoms with E-state index in [1.807, 2.05) is 13.8 Å². The van der Waals surface area contributed by atoms with Gasteiger partial charge in [-0.1, -0.05) is 13.8 Å². The van der Waals surface area contributed by atoms with Gasteiger partial charge >= 0.3 is 12.1 Å². The second-order valence-electron chi connectivity index (χ2n) is 6.04. The van der Waals surface area contributed by atoms with Crippen LogP contribution in [0.3, 0.4) is 0 Å². The standard InChI is InChI=1S/C13H25N3O7/c1-9(2)8-15(6)16(20)14-23-10(3)21-12(19)22-13(4,5)7-11(17)18/h9-10H,7-8H2,1-6H3,(H,17,18). The molecule has 0 aromatic heterocycles. The molecule has 0 amide bonds. The zero-order chi connectivity index (χ0) is 18.2. The van der Waals surface area contributed by atoms with Crippen molar-refractivity contribution >= 4 is 12.1 Å². The summed E-state index contributed by atoms with van der Waals surface area (Å²) < 4.78 is 9.59. The zero-order valence-electron chi connectivity index (χ0n) is 14.3. The van der Waals surface area contributed by atoms with Gasteiger partial charge in [0.2, 0.25) is 5.28 Å². The first-order valence-electron chi connectivity index (χ1n) is 7.09. The second-order valence-corrected chi connectivity index (χ2v) is 6.04. The molecule has 134 valence electrons. The maximum absolute atomic E-state index is 11.5. The van der Waals surface area contributed by atoms with Crippen LogP contribution in [0, 0.1) is 11.1 Å². The molecule has 0 radical (unpaired) electrons. The van der Waals surface area contributed by atoms with Crippen LogP contribution in [0.5, 0.6) is 0 Å². The molecule has 0 saturated carbocycles. The molecular weight excluding hydrogens is 310 g/mol. The molecule has 10 heteroatoms. The van der Waals surface area contributed by atoms with Crippen molar-refractivity contribution in [1.29, 1.82) is 0 Å². The normalized spacial score (nSPS) is 13.4. The van der Waals surface area contributed by atoms with Crippen LogP contribution in [0.25, 0.3) is 0 Å². The van der Waals surface area contributed by atoms with Crippen molar-refractivity contribution in [3.8, 4) is 0 Å². The molecule has 0 spiro atoms.